The van der Waals surface area contributed by atoms with Crippen molar-refractivity contribution >= 4 is 11.3 Å². The van der Waals surface area contributed by atoms with Crippen molar-refractivity contribution < 1.29 is 9.47 Å². The van der Waals surface area contributed by atoms with Gasteiger partial charge in [-0.2, -0.15) is 5.26 Å². The molecule has 0 fully saturated rings. The average molecular weight is 322 g/mol. The van der Waals surface area contributed by atoms with Gasteiger partial charge in [0.2, 0.25) is 0 Å². The van der Waals surface area contributed by atoms with E-state index < -0.39 is 0 Å². The topological polar surface area (TPSA) is 55.1 Å². The predicted octanol–water partition coefficient (Wildman–Crippen LogP) is 4.27. The number of rotatable bonds is 5. The Kier molecular flexibility index (Phi) is 4.55. The normalized spacial score (nSPS) is 10.1. The molecule has 114 valence electrons. The SMILES string of the molecule is COc1ccccc1-c1nc(COc2ccc(C#N)cc2)cs1. The second-order valence-electron chi connectivity index (χ2n) is 4.77. The third kappa shape index (κ3) is 3.50. The highest BCUT2D eigenvalue weighted by molar-refractivity contribution is 7.13. The van der Waals surface area contributed by atoms with Crippen LogP contribution in [0.5, 0.6) is 11.5 Å². The summed E-state index contributed by atoms with van der Waals surface area (Å²) in [7, 11) is 1.65. The van der Waals surface area contributed by atoms with Crippen molar-refractivity contribution in [2.75, 3.05) is 7.11 Å². The van der Waals surface area contributed by atoms with Crippen LogP contribution in [0.2, 0.25) is 0 Å². The van der Waals surface area contributed by atoms with Crippen LogP contribution in [-0.2, 0) is 6.61 Å². The Bertz CT molecular complexity index is 835. The number of thiazole rings is 1. The van der Waals surface area contributed by atoms with E-state index in [0.29, 0.717) is 12.2 Å². The largest absolute Gasteiger partial charge is 0.496 e. The Morgan fingerprint density at radius 1 is 1.13 bits per heavy atom. The summed E-state index contributed by atoms with van der Waals surface area (Å²) in [4.78, 5) is 4.60. The number of methoxy groups -OCH3 is 1. The molecule has 0 saturated heterocycles. The fourth-order valence-electron chi connectivity index (χ4n) is 2.10. The van der Waals surface area contributed by atoms with Crippen molar-refractivity contribution in [3.8, 4) is 28.1 Å². The molecule has 1 aromatic heterocycles. The Morgan fingerprint density at radius 3 is 2.65 bits per heavy atom. The Balaban J connectivity index is 1.71. The molecule has 0 aliphatic rings. The van der Waals surface area contributed by atoms with Gasteiger partial charge in [-0.1, -0.05) is 12.1 Å². The molecule has 0 atom stereocenters. The van der Waals surface area contributed by atoms with Crippen LogP contribution in [-0.4, -0.2) is 12.1 Å². The minimum atomic E-state index is 0.386. The molecule has 0 unspecified atom stereocenters. The molecule has 2 aromatic carbocycles. The standard InChI is InChI=1S/C18H14N2O2S/c1-21-17-5-3-2-4-16(17)18-20-14(12-23-18)11-22-15-8-6-13(10-19)7-9-15/h2-9,12H,11H2,1H3. The molecule has 5 heteroatoms. The number of ether oxygens (including phenoxy) is 2. The number of aromatic nitrogens is 1. The van der Waals surface area contributed by atoms with Gasteiger partial charge in [0.05, 0.1) is 30.0 Å². The lowest BCUT2D eigenvalue weighted by Gasteiger charge is -2.05. The first-order chi connectivity index (χ1) is 11.3. The fraction of sp³-hybridized carbons (Fsp3) is 0.111. The van der Waals surface area contributed by atoms with Gasteiger partial charge in [0.15, 0.2) is 0 Å². The first-order valence-corrected chi connectivity index (χ1v) is 7.89. The quantitative estimate of drug-likeness (QED) is 0.704. The zero-order chi connectivity index (χ0) is 16.1. The highest BCUT2D eigenvalue weighted by Gasteiger charge is 2.10. The monoisotopic (exact) mass is 322 g/mol. The summed E-state index contributed by atoms with van der Waals surface area (Å²) in [5.41, 5.74) is 2.45. The molecule has 3 rings (SSSR count). The highest BCUT2D eigenvalue weighted by atomic mass is 32.1. The van der Waals surface area contributed by atoms with Gasteiger partial charge in [0.1, 0.15) is 23.1 Å². The summed E-state index contributed by atoms with van der Waals surface area (Å²) < 4.78 is 11.1. The lowest BCUT2D eigenvalue weighted by atomic mass is 10.2. The van der Waals surface area contributed by atoms with Gasteiger partial charge < -0.3 is 9.47 Å². The second kappa shape index (κ2) is 6.95. The van der Waals surface area contributed by atoms with E-state index in [2.05, 4.69) is 11.1 Å². The van der Waals surface area contributed by atoms with Crippen LogP contribution in [0.1, 0.15) is 11.3 Å². The van der Waals surface area contributed by atoms with Crippen molar-refractivity contribution in [3.63, 3.8) is 0 Å². The number of nitriles is 1. The zero-order valence-electron chi connectivity index (χ0n) is 12.5. The van der Waals surface area contributed by atoms with E-state index in [-0.39, 0.29) is 0 Å². The summed E-state index contributed by atoms with van der Waals surface area (Å²) in [6.45, 7) is 0.386. The van der Waals surface area contributed by atoms with Crippen LogP contribution in [0.4, 0.5) is 0 Å². The maximum Gasteiger partial charge on any atom is 0.131 e. The van der Waals surface area contributed by atoms with E-state index in [0.717, 1.165) is 27.8 Å². The van der Waals surface area contributed by atoms with Gasteiger partial charge in [-0.3, -0.25) is 0 Å². The number of hydrogen-bond acceptors (Lipinski definition) is 5. The van der Waals surface area contributed by atoms with Gasteiger partial charge in [-0.15, -0.1) is 11.3 Å². The Hall–Kier alpha value is -2.84. The minimum absolute atomic E-state index is 0.386. The second-order valence-corrected chi connectivity index (χ2v) is 5.63. The average Bonchev–Trinajstić information content (AvgIpc) is 3.09. The number of nitrogens with zero attached hydrogens (tertiary/aromatic N) is 2. The van der Waals surface area contributed by atoms with Gasteiger partial charge in [0.25, 0.3) is 0 Å². The molecule has 3 aromatic rings. The highest BCUT2D eigenvalue weighted by Crippen LogP contribution is 2.32. The van der Waals surface area contributed by atoms with Crippen molar-refractivity contribution in [2.24, 2.45) is 0 Å². The molecule has 23 heavy (non-hydrogen) atoms. The van der Waals surface area contributed by atoms with E-state index in [9.17, 15) is 0 Å². The maximum absolute atomic E-state index is 8.78. The van der Waals surface area contributed by atoms with E-state index in [1.165, 1.54) is 0 Å². The van der Waals surface area contributed by atoms with E-state index >= 15 is 0 Å². The molecule has 0 amide bonds. The van der Waals surface area contributed by atoms with Crippen LogP contribution >= 0.6 is 11.3 Å². The predicted molar refractivity (Wildman–Crippen MR) is 89.6 cm³/mol. The smallest absolute Gasteiger partial charge is 0.131 e. The first-order valence-electron chi connectivity index (χ1n) is 7.01. The van der Waals surface area contributed by atoms with Gasteiger partial charge >= 0.3 is 0 Å². The lowest BCUT2D eigenvalue weighted by Crippen LogP contribution is -1.96. The molecule has 0 N–H and O–H groups in total. The molecular formula is C18H14N2O2S. The van der Waals surface area contributed by atoms with Crippen molar-refractivity contribution in [1.82, 2.24) is 4.98 Å². The molecule has 1 heterocycles. The Labute approximate surface area is 138 Å². The maximum atomic E-state index is 8.78. The van der Waals surface area contributed by atoms with E-state index in [4.69, 9.17) is 14.7 Å². The number of hydrogen-bond donors (Lipinski definition) is 0. The van der Waals surface area contributed by atoms with Gasteiger partial charge in [-0.05, 0) is 36.4 Å². The number of para-hydroxylation sites is 1. The molecular weight excluding hydrogens is 308 g/mol. The van der Waals surface area contributed by atoms with Crippen molar-refractivity contribution in [3.05, 3.63) is 65.2 Å². The third-order valence-corrected chi connectivity index (χ3v) is 4.18. The molecule has 0 aliphatic heterocycles. The molecule has 0 saturated carbocycles. The van der Waals surface area contributed by atoms with Crippen LogP contribution in [0.15, 0.2) is 53.9 Å². The van der Waals surface area contributed by atoms with Gasteiger partial charge in [0, 0.05) is 5.38 Å². The van der Waals surface area contributed by atoms with Crippen LogP contribution in [0.3, 0.4) is 0 Å². The van der Waals surface area contributed by atoms with Crippen molar-refractivity contribution in [2.45, 2.75) is 6.61 Å². The van der Waals surface area contributed by atoms with Crippen molar-refractivity contribution in [1.29, 1.82) is 5.26 Å². The summed E-state index contributed by atoms with van der Waals surface area (Å²) in [5, 5.41) is 11.7. The summed E-state index contributed by atoms with van der Waals surface area (Å²) in [5.74, 6) is 1.53. The van der Waals surface area contributed by atoms with Crippen LogP contribution < -0.4 is 9.47 Å². The third-order valence-electron chi connectivity index (χ3n) is 3.26. The lowest BCUT2D eigenvalue weighted by molar-refractivity contribution is 0.302. The Morgan fingerprint density at radius 2 is 1.91 bits per heavy atom. The van der Waals surface area contributed by atoms with Crippen LogP contribution in [0.25, 0.3) is 10.6 Å². The zero-order valence-corrected chi connectivity index (χ0v) is 13.3. The first kappa shape index (κ1) is 15.1. The fourth-order valence-corrected chi connectivity index (χ4v) is 2.94. The van der Waals surface area contributed by atoms with Gasteiger partial charge in [-0.25, -0.2) is 4.98 Å². The van der Waals surface area contributed by atoms with Crippen LogP contribution in [0, 0.1) is 11.3 Å². The van der Waals surface area contributed by atoms with E-state index in [1.54, 1.807) is 42.7 Å². The molecule has 0 aliphatic carbocycles. The molecule has 0 spiro atoms. The van der Waals surface area contributed by atoms with E-state index in [1.807, 2.05) is 29.6 Å². The minimum Gasteiger partial charge on any atom is -0.496 e. The summed E-state index contributed by atoms with van der Waals surface area (Å²) in [6, 6.07) is 16.9. The molecule has 0 bridgehead atoms. The molecule has 0 radical (unpaired) electrons. The summed E-state index contributed by atoms with van der Waals surface area (Å²) >= 11 is 1.56. The summed E-state index contributed by atoms with van der Waals surface area (Å²) in [6.07, 6.45) is 0. The number of benzene rings is 2. The molecule has 4 nitrogen and oxygen atoms in total.